The summed E-state index contributed by atoms with van der Waals surface area (Å²) in [5.74, 6) is 0. The van der Waals surface area contributed by atoms with Crippen LogP contribution in [-0.4, -0.2) is 59.3 Å². The van der Waals surface area contributed by atoms with E-state index in [9.17, 15) is 4.79 Å². The molecule has 0 aliphatic carbocycles. The third-order valence-corrected chi connectivity index (χ3v) is 5.53. The van der Waals surface area contributed by atoms with E-state index in [1.54, 1.807) is 0 Å². The Kier molecular flexibility index (Phi) is 6.10. The molecule has 1 aromatic heterocycles. The summed E-state index contributed by atoms with van der Waals surface area (Å²) in [6, 6.07) is 13.6. The number of carbonyl (C=O) groups is 1. The Morgan fingerprint density at radius 3 is 2.82 bits per heavy atom. The van der Waals surface area contributed by atoms with Crippen molar-refractivity contribution >= 4 is 17.7 Å². The van der Waals surface area contributed by atoms with E-state index >= 15 is 0 Å². The van der Waals surface area contributed by atoms with Crippen molar-refractivity contribution in [3.63, 3.8) is 0 Å². The SMILES string of the molecule is O=C(OCc1ccccc1)N1CCO[C@@H]2CN(Cc3ccc(Cl)nc3)CC[C@H]21. The first kappa shape index (κ1) is 19.2. The molecule has 2 aromatic rings. The molecule has 28 heavy (non-hydrogen) atoms. The van der Waals surface area contributed by atoms with Crippen molar-refractivity contribution in [1.29, 1.82) is 0 Å². The Labute approximate surface area is 170 Å². The van der Waals surface area contributed by atoms with Crippen LogP contribution >= 0.6 is 11.6 Å². The van der Waals surface area contributed by atoms with Crippen molar-refractivity contribution < 1.29 is 14.3 Å². The van der Waals surface area contributed by atoms with Crippen molar-refractivity contribution in [2.75, 3.05) is 26.2 Å². The Morgan fingerprint density at radius 2 is 2.04 bits per heavy atom. The van der Waals surface area contributed by atoms with Gasteiger partial charge >= 0.3 is 6.09 Å². The minimum atomic E-state index is -0.252. The van der Waals surface area contributed by atoms with Crippen LogP contribution in [0.1, 0.15) is 17.5 Å². The molecule has 3 heterocycles. The van der Waals surface area contributed by atoms with E-state index in [4.69, 9.17) is 21.1 Å². The van der Waals surface area contributed by atoms with Crippen LogP contribution in [0, 0.1) is 0 Å². The van der Waals surface area contributed by atoms with Crippen LogP contribution in [0.15, 0.2) is 48.7 Å². The highest BCUT2D eigenvalue weighted by Gasteiger charge is 2.39. The summed E-state index contributed by atoms with van der Waals surface area (Å²) in [5.41, 5.74) is 2.12. The summed E-state index contributed by atoms with van der Waals surface area (Å²) in [6.45, 7) is 3.90. The number of fused-ring (bicyclic) bond motifs is 1. The lowest BCUT2D eigenvalue weighted by Gasteiger charge is -2.46. The molecule has 2 saturated heterocycles. The number of likely N-dealkylation sites (tertiary alicyclic amines) is 1. The van der Waals surface area contributed by atoms with Gasteiger partial charge in [-0.1, -0.05) is 48.0 Å². The molecule has 1 amide bonds. The maximum Gasteiger partial charge on any atom is 0.410 e. The van der Waals surface area contributed by atoms with Gasteiger partial charge in [-0.2, -0.15) is 0 Å². The molecular weight excluding hydrogens is 378 g/mol. The fourth-order valence-electron chi connectivity index (χ4n) is 3.89. The zero-order valence-electron chi connectivity index (χ0n) is 15.7. The van der Waals surface area contributed by atoms with Crippen LogP contribution < -0.4 is 0 Å². The van der Waals surface area contributed by atoms with Crippen LogP contribution in [0.4, 0.5) is 4.79 Å². The highest BCUT2D eigenvalue weighted by Crippen LogP contribution is 2.25. The van der Waals surface area contributed by atoms with Crippen molar-refractivity contribution in [1.82, 2.24) is 14.8 Å². The van der Waals surface area contributed by atoms with Crippen LogP contribution in [0.3, 0.4) is 0 Å². The Bertz CT molecular complexity index is 787. The predicted molar refractivity (Wildman–Crippen MR) is 106 cm³/mol. The summed E-state index contributed by atoms with van der Waals surface area (Å²) in [4.78, 5) is 21.0. The van der Waals surface area contributed by atoms with Gasteiger partial charge in [0.05, 0.1) is 18.8 Å². The van der Waals surface area contributed by atoms with Gasteiger partial charge < -0.3 is 14.4 Å². The second kappa shape index (κ2) is 8.90. The van der Waals surface area contributed by atoms with Crippen molar-refractivity contribution in [3.05, 3.63) is 64.9 Å². The summed E-state index contributed by atoms with van der Waals surface area (Å²) in [5, 5.41) is 0.503. The topological polar surface area (TPSA) is 54.9 Å². The number of benzene rings is 1. The quantitative estimate of drug-likeness (QED) is 0.735. The molecule has 4 rings (SSSR count). The molecule has 148 valence electrons. The number of hydrogen-bond acceptors (Lipinski definition) is 5. The molecule has 7 heteroatoms. The lowest BCUT2D eigenvalue weighted by Crippen LogP contribution is -2.60. The minimum Gasteiger partial charge on any atom is -0.445 e. The number of aromatic nitrogens is 1. The number of pyridine rings is 1. The number of ether oxygens (including phenoxy) is 2. The second-order valence-corrected chi connectivity index (χ2v) is 7.61. The van der Waals surface area contributed by atoms with E-state index in [0.29, 0.717) is 24.9 Å². The zero-order valence-corrected chi connectivity index (χ0v) is 16.4. The van der Waals surface area contributed by atoms with Gasteiger partial charge in [0.15, 0.2) is 0 Å². The van der Waals surface area contributed by atoms with Crippen molar-refractivity contribution in [2.24, 2.45) is 0 Å². The normalized spacial score (nSPS) is 22.5. The average Bonchev–Trinajstić information content (AvgIpc) is 2.74. The first-order valence-electron chi connectivity index (χ1n) is 9.61. The van der Waals surface area contributed by atoms with E-state index in [1.807, 2.05) is 53.6 Å². The van der Waals surface area contributed by atoms with E-state index in [-0.39, 0.29) is 18.2 Å². The Morgan fingerprint density at radius 1 is 1.18 bits per heavy atom. The largest absolute Gasteiger partial charge is 0.445 e. The molecule has 0 radical (unpaired) electrons. The average molecular weight is 402 g/mol. The van der Waals surface area contributed by atoms with Gasteiger partial charge in [0, 0.05) is 32.4 Å². The van der Waals surface area contributed by atoms with E-state index in [0.717, 1.165) is 37.2 Å². The standard InChI is InChI=1S/C21H24ClN3O3/c22-20-7-6-17(12-23-20)13-24-9-8-18-19(14-24)27-11-10-25(18)21(26)28-15-16-4-2-1-3-5-16/h1-7,12,18-19H,8-11,13-15H2/t18-,19-/m1/s1. The lowest BCUT2D eigenvalue weighted by atomic mass is 9.98. The van der Waals surface area contributed by atoms with Gasteiger partial charge in [0.2, 0.25) is 0 Å². The molecule has 2 atom stereocenters. The molecule has 0 saturated carbocycles. The minimum absolute atomic E-state index is 0.00651. The monoisotopic (exact) mass is 401 g/mol. The van der Waals surface area contributed by atoms with Gasteiger partial charge in [0.1, 0.15) is 11.8 Å². The van der Waals surface area contributed by atoms with Crippen molar-refractivity contribution in [2.45, 2.75) is 31.7 Å². The maximum atomic E-state index is 12.6. The third-order valence-electron chi connectivity index (χ3n) is 5.31. The number of morpholine rings is 1. The molecule has 2 aliphatic rings. The highest BCUT2D eigenvalue weighted by molar-refractivity contribution is 6.29. The molecule has 0 spiro atoms. The van der Waals surface area contributed by atoms with Crippen LogP contribution in [-0.2, 0) is 22.6 Å². The number of hydrogen-bond donors (Lipinski definition) is 0. The molecule has 6 nitrogen and oxygen atoms in total. The summed E-state index contributed by atoms with van der Waals surface area (Å²) in [6.07, 6.45) is 2.43. The lowest BCUT2D eigenvalue weighted by molar-refractivity contribution is -0.0991. The molecule has 0 unspecified atom stereocenters. The number of halogens is 1. The van der Waals surface area contributed by atoms with Gasteiger partial charge in [-0.3, -0.25) is 4.90 Å². The fraction of sp³-hybridized carbons (Fsp3) is 0.429. The van der Waals surface area contributed by atoms with Gasteiger partial charge in [-0.05, 0) is 23.6 Å². The highest BCUT2D eigenvalue weighted by atomic mass is 35.5. The van der Waals surface area contributed by atoms with E-state index in [2.05, 4.69) is 9.88 Å². The number of piperidine rings is 1. The van der Waals surface area contributed by atoms with Crippen LogP contribution in [0.25, 0.3) is 0 Å². The molecule has 2 aliphatic heterocycles. The number of amides is 1. The first-order chi connectivity index (χ1) is 13.7. The number of carbonyl (C=O) groups excluding carboxylic acids is 1. The molecule has 2 fully saturated rings. The van der Waals surface area contributed by atoms with E-state index < -0.39 is 0 Å². The zero-order chi connectivity index (χ0) is 19.3. The smallest absolute Gasteiger partial charge is 0.410 e. The maximum absolute atomic E-state index is 12.6. The summed E-state index contributed by atoms with van der Waals surface area (Å²) >= 11 is 5.86. The molecular formula is C21H24ClN3O3. The number of rotatable bonds is 4. The first-order valence-corrected chi connectivity index (χ1v) is 9.98. The van der Waals surface area contributed by atoms with Crippen LogP contribution in [0.5, 0.6) is 0 Å². The van der Waals surface area contributed by atoms with Gasteiger partial charge in [0.25, 0.3) is 0 Å². The molecule has 0 bridgehead atoms. The van der Waals surface area contributed by atoms with E-state index in [1.165, 1.54) is 0 Å². The second-order valence-electron chi connectivity index (χ2n) is 7.22. The van der Waals surface area contributed by atoms with Gasteiger partial charge in [-0.25, -0.2) is 9.78 Å². The molecule has 1 aromatic carbocycles. The fourth-order valence-corrected chi connectivity index (χ4v) is 4.00. The number of nitrogens with zero attached hydrogens (tertiary/aromatic N) is 3. The van der Waals surface area contributed by atoms with Gasteiger partial charge in [-0.15, -0.1) is 0 Å². The summed E-state index contributed by atoms with van der Waals surface area (Å²) < 4.78 is 11.5. The van der Waals surface area contributed by atoms with Crippen LogP contribution in [0.2, 0.25) is 5.15 Å². The Hall–Kier alpha value is -2.15. The predicted octanol–water partition coefficient (Wildman–Crippen LogP) is 3.35. The van der Waals surface area contributed by atoms with Crippen molar-refractivity contribution in [3.8, 4) is 0 Å². The molecule has 0 N–H and O–H groups in total. The third kappa shape index (κ3) is 4.63. The Balaban J connectivity index is 1.32. The summed E-state index contributed by atoms with van der Waals surface area (Å²) in [7, 11) is 0.